The minimum Gasteiger partial charge on any atom is -0.457 e. The van der Waals surface area contributed by atoms with Crippen molar-refractivity contribution in [1.82, 2.24) is 9.55 Å². The maximum atomic E-state index is 6.79. The van der Waals surface area contributed by atoms with Crippen LogP contribution in [0.15, 0.2) is 151 Å². The van der Waals surface area contributed by atoms with E-state index < -0.39 is 0 Å². The summed E-state index contributed by atoms with van der Waals surface area (Å²) >= 11 is 0. The quantitative estimate of drug-likeness (QED) is 0.162. The molecule has 58 heavy (non-hydrogen) atoms. The van der Waals surface area contributed by atoms with Gasteiger partial charge >= 0.3 is 0 Å². The second-order valence-corrected chi connectivity index (χ2v) is 19.5. The van der Waals surface area contributed by atoms with Gasteiger partial charge in [0.25, 0.3) is 0 Å². The Labute approximate surface area is 345 Å². The van der Waals surface area contributed by atoms with Crippen LogP contribution in [-0.2, 0) is 10.8 Å². The van der Waals surface area contributed by atoms with E-state index in [1.165, 1.54) is 39.2 Å². The van der Waals surface area contributed by atoms with Gasteiger partial charge in [-0.05, 0) is 76.7 Å². The summed E-state index contributed by atoms with van der Waals surface area (Å²) in [5.41, 5.74) is 10.7. The number of aromatic nitrogens is 2. The van der Waals surface area contributed by atoms with E-state index >= 15 is 0 Å². The molecule has 296 valence electrons. The van der Waals surface area contributed by atoms with Crippen LogP contribution in [0.1, 0.15) is 92.9 Å². The second-order valence-electron chi connectivity index (χ2n) is 19.5. The molecule has 5 heteroatoms. The number of benzene rings is 5. The number of ether oxygens (including phenoxy) is 1. The van der Waals surface area contributed by atoms with E-state index in [9.17, 15) is 0 Å². The number of allylic oxidation sites excluding steroid dienone is 2. The molecule has 0 radical (unpaired) electrons. The number of nitrogens with zero attached hydrogens (tertiary/aromatic N) is 4. The van der Waals surface area contributed by atoms with Crippen LogP contribution < -0.4 is 14.5 Å². The van der Waals surface area contributed by atoms with Gasteiger partial charge in [-0.25, -0.2) is 4.98 Å². The van der Waals surface area contributed by atoms with Gasteiger partial charge in [0.05, 0.1) is 17.7 Å². The third kappa shape index (κ3) is 7.16. The van der Waals surface area contributed by atoms with Crippen LogP contribution in [0.3, 0.4) is 0 Å². The molecule has 5 aromatic carbocycles. The largest absolute Gasteiger partial charge is 0.457 e. The number of hydrogen-bond donors (Lipinski definition) is 0. The van der Waals surface area contributed by atoms with Crippen molar-refractivity contribution in [2.45, 2.75) is 87.0 Å². The van der Waals surface area contributed by atoms with Crippen LogP contribution in [0.2, 0.25) is 0 Å². The van der Waals surface area contributed by atoms with Crippen molar-refractivity contribution >= 4 is 33.2 Å². The second kappa shape index (κ2) is 14.2. The zero-order chi connectivity index (χ0) is 41.2. The van der Waals surface area contributed by atoms with E-state index in [1.54, 1.807) is 0 Å². The summed E-state index contributed by atoms with van der Waals surface area (Å²) in [6.45, 7) is 26.1. The van der Waals surface area contributed by atoms with Gasteiger partial charge in [-0.2, -0.15) is 0 Å². The molecule has 0 fully saturated rings. The summed E-state index contributed by atoms with van der Waals surface area (Å²) in [6.07, 6.45) is 1.94. The Morgan fingerprint density at radius 2 is 1.09 bits per heavy atom. The Hall–Kier alpha value is -5.81. The van der Waals surface area contributed by atoms with E-state index in [4.69, 9.17) is 9.72 Å². The topological polar surface area (TPSA) is 33.5 Å². The summed E-state index contributed by atoms with van der Waals surface area (Å²) < 4.78 is 9.07. The molecule has 5 nitrogen and oxygen atoms in total. The van der Waals surface area contributed by atoms with Crippen LogP contribution in [-0.4, -0.2) is 16.2 Å². The SMILES string of the molecule is CC(C)(C)C1=C(C(C)(C)C)N(c2cccc(Oc3ccc4c5ccccc5n(-c5cc(C(C)(C)c6ccccc6)ccn5)c4c3)c2)CN1c1ccc(C(C)(C)C)cc1. The van der Waals surface area contributed by atoms with Crippen molar-refractivity contribution in [2.75, 3.05) is 16.5 Å². The van der Waals surface area contributed by atoms with Gasteiger partial charge in [0.1, 0.15) is 17.3 Å². The summed E-state index contributed by atoms with van der Waals surface area (Å²) in [5.74, 6) is 2.45. The Balaban J connectivity index is 1.17. The Bertz CT molecular complexity index is 2640. The zero-order valence-corrected chi connectivity index (χ0v) is 36.2. The molecule has 7 aromatic rings. The summed E-state index contributed by atoms with van der Waals surface area (Å²) in [6, 6.07) is 47.8. The molecular weight excluding hydrogens is 709 g/mol. The van der Waals surface area contributed by atoms with Crippen molar-refractivity contribution in [3.8, 4) is 17.3 Å². The van der Waals surface area contributed by atoms with Gasteiger partial charge < -0.3 is 14.5 Å². The summed E-state index contributed by atoms with van der Waals surface area (Å²) in [4.78, 5) is 9.96. The van der Waals surface area contributed by atoms with Gasteiger partial charge in [-0.3, -0.25) is 4.57 Å². The van der Waals surface area contributed by atoms with Gasteiger partial charge in [0.2, 0.25) is 0 Å². The predicted molar refractivity (Wildman–Crippen MR) is 245 cm³/mol. The van der Waals surface area contributed by atoms with E-state index in [0.717, 1.165) is 46.1 Å². The fourth-order valence-electron chi connectivity index (χ4n) is 8.68. The molecule has 0 saturated carbocycles. The van der Waals surface area contributed by atoms with Crippen LogP contribution in [0, 0.1) is 10.8 Å². The van der Waals surface area contributed by atoms with Crippen molar-refractivity contribution in [1.29, 1.82) is 0 Å². The van der Waals surface area contributed by atoms with Crippen molar-refractivity contribution in [3.63, 3.8) is 0 Å². The molecule has 0 spiro atoms. The monoisotopic (exact) mass is 766 g/mol. The van der Waals surface area contributed by atoms with E-state index in [2.05, 4.69) is 224 Å². The Morgan fingerprint density at radius 3 is 1.76 bits per heavy atom. The molecule has 8 rings (SSSR count). The van der Waals surface area contributed by atoms with Gasteiger partial charge in [-0.1, -0.05) is 143 Å². The molecule has 0 bridgehead atoms. The van der Waals surface area contributed by atoms with Crippen LogP contribution in [0.5, 0.6) is 11.5 Å². The number of hydrogen-bond acceptors (Lipinski definition) is 4. The number of fused-ring (bicyclic) bond motifs is 3. The van der Waals surface area contributed by atoms with Crippen molar-refractivity contribution < 1.29 is 4.74 Å². The highest BCUT2D eigenvalue weighted by molar-refractivity contribution is 6.09. The first-order chi connectivity index (χ1) is 27.4. The van der Waals surface area contributed by atoms with Crippen LogP contribution in [0.25, 0.3) is 27.6 Å². The fourth-order valence-corrected chi connectivity index (χ4v) is 8.68. The predicted octanol–water partition coefficient (Wildman–Crippen LogP) is 14.2. The van der Waals surface area contributed by atoms with E-state index in [0.29, 0.717) is 0 Å². The minimum atomic E-state index is -0.198. The van der Waals surface area contributed by atoms with Gasteiger partial charge in [0.15, 0.2) is 0 Å². The fraction of sp³-hybridized carbons (Fsp3) is 0.302. The number of para-hydroxylation sites is 1. The minimum absolute atomic E-state index is 0.0896. The molecule has 0 atom stereocenters. The summed E-state index contributed by atoms with van der Waals surface area (Å²) in [7, 11) is 0. The normalized spacial score (nSPS) is 14.3. The average molecular weight is 767 g/mol. The van der Waals surface area contributed by atoms with Crippen molar-refractivity contribution in [2.24, 2.45) is 10.8 Å². The smallest absolute Gasteiger partial charge is 0.137 e. The molecule has 0 saturated heterocycles. The molecule has 0 unspecified atom stereocenters. The van der Waals surface area contributed by atoms with Crippen LogP contribution >= 0.6 is 0 Å². The maximum Gasteiger partial charge on any atom is 0.137 e. The lowest BCUT2D eigenvalue weighted by Gasteiger charge is -2.34. The standard InChI is InChI=1S/C53H58N4O/c1-50(2,3)36-24-26-39(27-25-36)55-35-56(49(52(7,8)9)48(55)51(4,5)6)40-20-17-21-41(33-40)58-42-28-29-44-43-22-15-16-23-45(43)57(46(44)34-42)47-32-38(30-31-54-47)53(10,11)37-18-13-12-14-19-37/h12-34H,35H2,1-11H3. The number of pyridine rings is 1. The first-order valence-corrected chi connectivity index (χ1v) is 20.7. The molecule has 3 heterocycles. The molecule has 0 amide bonds. The highest BCUT2D eigenvalue weighted by Gasteiger charge is 2.42. The molecular formula is C53H58N4O. The number of anilines is 2. The number of rotatable bonds is 7. The van der Waals surface area contributed by atoms with Crippen molar-refractivity contribution in [3.05, 3.63) is 168 Å². The first kappa shape index (κ1) is 39.0. The maximum absolute atomic E-state index is 6.79. The summed E-state index contributed by atoms with van der Waals surface area (Å²) in [5, 5.41) is 2.34. The molecule has 0 aliphatic carbocycles. The van der Waals surface area contributed by atoms with Gasteiger partial charge in [-0.15, -0.1) is 0 Å². The van der Waals surface area contributed by atoms with E-state index in [1.807, 2.05) is 6.20 Å². The third-order valence-corrected chi connectivity index (χ3v) is 11.7. The Morgan fingerprint density at radius 1 is 0.466 bits per heavy atom. The average Bonchev–Trinajstić information content (AvgIpc) is 3.76. The zero-order valence-electron chi connectivity index (χ0n) is 36.2. The molecule has 1 aliphatic rings. The van der Waals surface area contributed by atoms with Gasteiger partial charge in [0, 0.05) is 68.1 Å². The van der Waals surface area contributed by atoms with E-state index in [-0.39, 0.29) is 21.7 Å². The lowest BCUT2D eigenvalue weighted by atomic mass is 9.78. The lowest BCUT2D eigenvalue weighted by Crippen LogP contribution is -2.31. The highest BCUT2D eigenvalue weighted by atomic mass is 16.5. The van der Waals surface area contributed by atoms with Crippen LogP contribution in [0.4, 0.5) is 11.4 Å². The molecule has 2 aromatic heterocycles. The molecule has 1 aliphatic heterocycles. The first-order valence-electron chi connectivity index (χ1n) is 20.7. The Kier molecular flexibility index (Phi) is 9.58. The highest BCUT2D eigenvalue weighted by Crippen LogP contribution is 2.48. The molecule has 0 N–H and O–H groups in total. The lowest BCUT2D eigenvalue weighted by molar-refractivity contribution is 0.444. The third-order valence-electron chi connectivity index (χ3n) is 11.7.